The zero-order chi connectivity index (χ0) is 19.2. The second-order valence-corrected chi connectivity index (χ2v) is 7.05. The number of nitriles is 1. The lowest BCUT2D eigenvalue weighted by Crippen LogP contribution is -2.13. The van der Waals surface area contributed by atoms with Gasteiger partial charge in [0, 0.05) is 17.1 Å². The minimum absolute atomic E-state index is 0.0344. The Morgan fingerprint density at radius 2 is 2.04 bits per heavy atom. The summed E-state index contributed by atoms with van der Waals surface area (Å²) in [5.74, 6) is 0.517. The van der Waals surface area contributed by atoms with E-state index in [1.807, 2.05) is 29.0 Å². The van der Waals surface area contributed by atoms with Crippen molar-refractivity contribution in [1.29, 1.82) is 5.26 Å². The Labute approximate surface area is 164 Å². The van der Waals surface area contributed by atoms with Gasteiger partial charge < -0.3 is 14.8 Å². The number of amides is 1. The van der Waals surface area contributed by atoms with Gasteiger partial charge in [0.05, 0.1) is 24.8 Å². The van der Waals surface area contributed by atoms with Gasteiger partial charge in [-0.3, -0.25) is 4.79 Å². The summed E-state index contributed by atoms with van der Waals surface area (Å²) in [5.41, 5.74) is 1.03. The van der Waals surface area contributed by atoms with Gasteiger partial charge in [0.2, 0.25) is 0 Å². The average molecular weight is 397 g/mol. The molecule has 0 fully saturated rings. The highest BCUT2D eigenvalue weighted by Gasteiger charge is 2.13. The molecule has 2 heterocycles. The number of aromatic nitrogens is 1. The minimum Gasteiger partial charge on any atom is -0.493 e. The minimum atomic E-state index is -0.518. The molecular weight excluding hydrogens is 382 g/mol. The summed E-state index contributed by atoms with van der Waals surface area (Å²) in [7, 11) is 3.04. The van der Waals surface area contributed by atoms with Crippen molar-refractivity contribution >= 4 is 40.3 Å². The van der Waals surface area contributed by atoms with Gasteiger partial charge in [-0.1, -0.05) is 6.07 Å². The van der Waals surface area contributed by atoms with Crippen LogP contribution in [0.3, 0.4) is 0 Å². The lowest BCUT2D eigenvalue weighted by Gasteiger charge is -2.10. The first-order valence-corrected chi connectivity index (χ1v) is 9.55. The van der Waals surface area contributed by atoms with Crippen molar-refractivity contribution in [3.05, 3.63) is 52.4 Å². The smallest absolute Gasteiger partial charge is 0.266 e. The molecule has 3 aromatic rings. The number of thiophene rings is 1. The monoisotopic (exact) mass is 397 g/mol. The zero-order valence-electron chi connectivity index (χ0n) is 14.6. The molecule has 3 rings (SSSR count). The van der Waals surface area contributed by atoms with Gasteiger partial charge in [-0.2, -0.15) is 5.26 Å². The molecule has 0 spiro atoms. The van der Waals surface area contributed by atoms with Crippen molar-refractivity contribution in [3.63, 3.8) is 0 Å². The third kappa shape index (κ3) is 4.34. The number of hydrogen-bond acceptors (Lipinski definition) is 7. The first-order chi connectivity index (χ1) is 13.1. The van der Waals surface area contributed by atoms with Crippen LogP contribution in [0.4, 0.5) is 5.69 Å². The fraction of sp³-hybridized carbons (Fsp3) is 0.105. The molecule has 0 radical (unpaired) electrons. The van der Waals surface area contributed by atoms with E-state index in [0.717, 1.165) is 9.88 Å². The van der Waals surface area contributed by atoms with Crippen LogP contribution >= 0.6 is 22.7 Å². The number of carbonyl (C=O) groups excluding carboxylic acids is 1. The van der Waals surface area contributed by atoms with Crippen molar-refractivity contribution in [2.75, 3.05) is 19.5 Å². The molecule has 0 aliphatic rings. The van der Waals surface area contributed by atoms with E-state index in [-0.39, 0.29) is 5.57 Å². The quantitative estimate of drug-likeness (QED) is 0.491. The fourth-order valence-corrected chi connectivity index (χ4v) is 3.87. The van der Waals surface area contributed by atoms with Gasteiger partial charge in [-0.25, -0.2) is 4.98 Å². The fourth-order valence-electron chi connectivity index (χ4n) is 2.27. The molecule has 0 saturated heterocycles. The molecule has 0 bridgehead atoms. The van der Waals surface area contributed by atoms with E-state index >= 15 is 0 Å². The van der Waals surface area contributed by atoms with E-state index in [1.165, 1.54) is 31.6 Å². The van der Waals surface area contributed by atoms with E-state index in [0.29, 0.717) is 22.9 Å². The van der Waals surface area contributed by atoms with Crippen molar-refractivity contribution in [2.24, 2.45) is 0 Å². The molecule has 136 valence electrons. The van der Waals surface area contributed by atoms with Gasteiger partial charge in [0.1, 0.15) is 16.6 Å². The molecule has 0 atom stereocenters. The summed E-state index contributed by atoms with van der Waals surface area (Å²) < 4.78 is 10.4. The highest BCUT2D eigenvalue weighted by atomic mass is 32.1. The molecule has 1 amide bonds. The van der Waals surface area contributed by atoms with Crippen molar-refractivity contribution in [3.8, 4) is 27.5 Å². The van der Waals surface area contributed by atoms with Gasteiger partial charge in [-0.05, 0) is 29.7 Å². The summed E-state index contributed by atoms with van der Waals surface area (Å²) in [5, 5.41) is 16.7. The Morgan fingerprint density at radius 3 is 2.70 bits per heavy atom. The number of methoxy groups -OCH3 is 2. The lowest BCUT2D eigenvalue weighted by atomic mass is 10.2. The van der Waals surface area contributed by atoms with E-state index < -0.39 is 5.91 Å². The number of ether oxygens (including phenoxy) is 2. The third-order valence-corrected chi connectivity index (χ3v) is 5.45. The van der Waals surface area contributed by atoms with Gasteiger partial charge in [0.15, 0.2) is 11.5 Å². The van der Waals surface area contributed by atoms with Crippen LogP contribution < -0.4 is 14.8 Å². The maximum absolute atomic E-state index is 12.4. The summed E-state index contributed by atoms with van der Waals surface area (Å²) in [6.45, 7) is 0. The van der Waals surface area contributed by atoms with E-state index in [9.17, 15) is 10.1 Å². The van der Waals surface area contributed by atoms with Crippen LogP contribution in [0.25, 0.3) is 16.0 Å². The predicted molar refractivity (Wildman–Crippen MR) is 107 cm³/mol. The molecule has 8 heteroatoms. The van der Waals surface area contributed by atoms with E-state index in [2.05, 4.69) is 10.3 Å². The van der Waals surface area contributed by atoms with Crippen LogP contribution in [0.1, 0.15) is 5.69 Å². The molecule has 27 heavy (non-hydrogen) atoms. The predicted octanol–water partition coefficient (Wildman–Crippen LogP) is 4.43. The summed E-state index contributed by atoms with van der Waals surface area (Å²) in [6, 6.07) is 10.8. The number of anilines is 1. The third-order valence-electron chi connectivity index (χ3n) is 3.55. The van der Waals surface area contributed by atoms with Crippen LogP contribution in [-0.4, -0.2) is 25.1 Å². The number of rotatable bonds is 6. The van der Waals surface area contributed by atoms with Crippen LogP contribution in [0.2, 0.25) is 0 Å². The molecular formula is C19H15N3O3S2. The number of nitrogens with one attached hydrogen (secondary N) is 1. The van der Waals surface area contributed by atoms with Gasteiger partial charge >= 0.3 is 0 Å². The number of benzene rings is 1. The van der Waals surface area contributed by atoms with E-state index in [4.69, 9.17) is 9.47 Å². The maximum atomic E-state index is 12.4. The van der Waals surface area contributed by atoms with E-state index in [1.54, 1.807) is 29.5 Å². The van der Waals surface area contributed by atoms with Crippen LogP contribution in [0.15, 0.2) is 46.7 Å². The largest absolute Gasteiger partial charge is 0.493 e. The van der Waals surface area contributed by atoms with Crippen LogP contribution in [0.5, 0.6) is 11.5 Å². The molecule has 1 aromatic carbocycles. The maximum Gasteiger partial charge on any atom is 0.266 e. The van der Waals surface area contributed by atoms with Crippen molar-refractivity contribution in [1.82, 2.24) is 4.98 Å². The Kier molecular flexibility index (Phi) is 5.86. The lowest BCUT2D eigenvalue weighted by molar-refractivity contribution is -0.112. The summed E-state index contributed by atoms with van der Waals surface area (Å²) in [6.07, 6.45) is 1.48. The second kappa shape index (κ2) is 8.49. The first-order valence-electron chi connectivity index (χ1n) is 7.79. The van der Waals surface area contributed by atoms with Gasteiger partial charge in [0.25, 0.3) is 5.91 Å². The number of hydrogen-bond donors (Lipinski definition) is 1. The number of thiazole rings is 1. The number of carbonyl (C=O) groups is 1. The standard InChI is InChI=1S/C19H15N3O3S2/c1-24-15-6-5-13(9-16(15)25-2)21-18(23)12(10-20)8-14-11-27-19(22-14)17-4-3-7-26-17/h3-9,11H,1-2H3,(H,21,23)/b12-8+. The summed E-state index contributed by atoms with van der Waals surface area (Å²) >= 11 is 3.06. The van der Waals surface area contributed by atoms with Crippen LogP contribution in [-0.2, 0) is 4.79 Å². The average Bonchev–Trinajstić information content (AvgIpc) is 3.37. The molecule has 0 aliphatic carbocycles. The molecule has 1 N–H and O–H groups in total. The Hall–Kier alpha value is -3.15. The molecule has 6 nitrogen and oxygen atoms in total. The highest BCUT2D eigenvalue weighted by Crippen LogP contribution is 2.30. The SMILES string of the molecule is COc1ccc(NC(=O)/C(C#N)=C/c2csc(-c3cccs3)n2)cc1OC. The first kappa shape index (κ1) is 18.6. The molecule has 0 saturated carbocycles. The normalized spacial score (nSPS) is 10.9. The van der Waals surface area contributed by atoms with Gasteiger partial charge in [-0.15, -0.1) is 22.7 Å². The molecule has 0 aliphatic heterocycles. The second-order valence-electron chi connectivity index (χ2n) is 5.25. The zero-order valence-corrected chi connectivity index (χ0v) is 16.2. The van der Waals surface area contributed by atoms with Crippen molar-refractivity contribution < 1.29 is 14.3 Å². The highest BCUT2D eigenvalue weighted by molar-refractivity contribution is 7.20. The van der Waals surface area contributed by atoms with Crippen LogP contribution in [0, 0.1) is 11.3 Å². The molecule has 2 aromatic heterocycles. The Bertz CT molecular complexity index is 1020. The Balaban J connectivity index is 1.78. The summed E-state index contributed by atoms with van der Waals surface area (Å²) in [4.78, 5) is 18.0. The molecule has 0 unspecified atom stereocenters. The topological polar surface area (TPSA) is 84.2 Å². The number of nitrogens with zero attached hydrogens (tertiary/aromatic N) is 2. The Morgan fingerprint density at radius 1 is 1.22 bits per heavy atom. The van der Waals surface area contributed by atoms with Crippen molar-refractivity contribution in [2.45, 2.75) is 0 Å².